The predicted molar refractivity (Wildman–Crippen MR) is 83.6 cm³/mol. The van der Waals surface area contributed by atoms with E-state index in [0.717, 1.165) is 21.2 Å². The van der Waals surface area contributed by atoms with Crippen LogP contribution in [0.4, 0.5) is 0 Å². The summed E-state index contributed by atoms with van der Waals surface area (Å²) in [5, 5.41) is 0. The highest BCUT2D eigenvalue weighted by molar-refractivity contribution is 9.13. The fourth-order valence-corrected chi connectivity index (χ4v) is 4.20. The summed E-state index contributed by atoms with van der Waals surface area (Å²) in [7, 11) is 0. The van der Waals surface area contributed by atoms with E-state index >= 15 is 0 Å². The molecule has 0 aromatic carbocycles. The molecule has 0 saturated heterocycles. The third kappa shape index (κ3) is 4.03. The number of nitrogens with zero attached hydrogens (tertiary/aromatic N) is 1. The van der Waals surface area contributed by atoms with Crippen molar-refractivity contribution in [3.8, 4) is 0 Å². The Kier molecular flexibility index (Phi) is 6.66. The van der Waals surface area contributed by atoms with E-state index in [1.807, 2.05) is 0 Å². The molecule has 1 atom stereocenters. The van der Waals surface area contributed by atoms with Gasteiger partial charge in [-0.1, -0.05) is 6.92 Å². The van der Waals surface area contributed by atoms with Crippen molar-refractivity contribution >= 4 is 43.2 Å². The molecule has 5 heteroatoms. The summed E-state index contributed by atoms with van der Waals surface area (Å²) in [6.07, 6.45) is 1.16. The largest absolute Gasteiger partial charge is 0.329 e. The van der Waals surface area contributed by atoms with Crippen LogP contribution in [0.25, 0.3) is 0 Å². The number of nitrogens with two attached hydrogens (primary N) is 1. The second-order valence-electron chi connectivity index (χ2n) is 4.35. The van der Waals surface area contributed by atoms with Crippen LogP contribution in [0.15, 0.2) is 14.3 Å². The van der Waals surface area contributed by atoms with Crippen molar-refractivity contribution < 1.29 is 0 Å². The van der Waals surface area contributed by atoms with Crippen molar-refractivity contribution in [1.82, 2.24) is 4.90 Å². The second kappa shape index (κ2) is 7.24. The van der Waals surface area contributed by atoms with E-state index in [1.54, 1.807) is 11.3 Å². The smallest absolute Gasteiger partial charge is 0.0843 e. The average molecular weight is 384 g/mol. The molecule has 0 spiro atoms. The molecule has 0 bridgehead atoms. The molecule has 1 rings (SSSR count). The van der Waals surface area contributed by atoms with Crippen molar-refractivity contribution in [1.29, 1.82) is 0 Å². The zero-order chi connectivity index (χ0) is 13.0. The minimum absolute atomic E-state index is 0.322. The monoisotopic (exact) mass is 382 g/mol. The topological polar surface area (TPSA) is 29.3 Å². The third-order valence-electron chi connectivity index (χ3n) is 2.76. The summed E-state index contributed by atoms with van der Waals surface area (Å²) in [4.78, 5) is 3.80. The highest BCUT2D eigenvalue weighted by atomic mass is 79.9. The SMILES string of the molecule is CCCN(C(C)C)C(CN)c1cc(Br)c(Br)s1. The summed E-state index contributed by atoms with van der Waals surface area (Å²) >= 11 is 8.86. The first-order valence-electron chi connectivity index (χ1n) is 5.91. The summed E-state index contributed by atoms with van der Waals surface area (Å²) in [5.74, 6) is 0. The van der Waals surface area contributed by atoms with E-state index in [0.29, 0.717) is 18.6 Å². The maximum Gasteiger partial charge on any atom is 0.0843 e. The Bertz CT molecular complexity index is 333. The quantitative estimate of drug-likeness (QED) is 0.788. The van der Waals surface area contributed by atoms with Gasteiger partial charge in [0.2, 0.25) is 0 Å². The standard InChI is InChI=1S/C12H20Br2N2S/c1-4-5-16(8(2)3)10(7-15)11-6-9(13)12(14)17-11/h6,8,10H,4-5,7,15H2,1-3H3. The van der Waals surface area contributed by atoms with E-state index in [4.69, 9.17) is 5.73 Å². The number of rotatable bonds is 6. The van der Waals surface area contributed by atoms with Crippen LogP contribution in [0, 0.1) is 0 Å². The van der Waals surface area contributed by atoms with Gasteiger partial charge in [-0.15, -0.1) is 11.3 Å². The maximum atomic E-state index is 5.97. The second-order valence-corrected chi connectivity index (χ2v) is 7.61. The Morgan fingerprint density at radius 3 is 2.41 bits per heavy atom. The Balaban J connectivity index is 2.95. The number of hydrogen-bond acceptors (Lipinski definition) is 3. The van der Waals surface area contributed by atoms with E-state index in [1.165, 1.54) is 4.88 Å². The Labute approximate surface area is 125 Å². The molecular formula is C12H20Br2N2S. The van der Waals surface area contributed by atoms with Gasteiger partial charge in [-0.3, -0.25) is 4.90 Å². The van der Waals surface area contributed by atoms with Gasteiger partial charge in [-0.25, -0.2) is 0 Å². The van der Waals surface area contributed by atoms with E-state index < -0.39 is 0 Å². The molecular weight excluding hydrogens is 364 g/mol. The summed E-state index contributed by atoms with van der Waals surface area (Å²) in [6, 6.07) is 3.02. The first-order valence-corrected chi connectivity index (χ1v) is 8.32. The molecule has 0 aliphatic rings. The van der Waals surface area contributed by atoms with E-state index in [-0.39, 0.29) is 0 Å². The Hall–Kier alpha value is 0.580. The highest BCUT2D eigenvalue weighted by Crippen LogP contribution is 2.37. The predicted octanol–water partition coefficient (Wildman–Crippen LogP) is 4.39. The van der Waals surface area contributed by atoms with Crippen molar-refractivity contribution in [2.75, 3.05) is 13.1 Å². The minimum atomic E-state index is 0.322. The van der Waals surface area contributed by atoms with Crippen LogP contribution in [0.1, 0.15) is 38.1 Å². The summed E-state index contributed by atoms with van der Waals surface area (Å²) in [6.45, 7) is 8.43. The molecule has 0 aliphatic carbocycles. The van der Waals surface area contributed by atoms with Crippen molar-refractivity contribution in [3.05, 3.63) is 19.2 Å². The van der Waals surface area contributed by atoms with Crippen LogP contribution in [0.5, 0.6) is 0 Å². The number of thiophene rings is 1. The van der Waals surface area contributed by atoms with Crippen LogP contribution < -0.4 is 5.73 Å². The molecule has 98 valence electrons. The number of hydrogen-bond donors (Lipinski definition) is 1. The summed E-state index contributed by atoms with van der Waals surface area (Å²) in [5.41, 5.74) is 5.97. The molecule has 0 radical (unpaired) electrons. The van der Waals surface area contributed by atoms with Gasteiger partial charge in [0.1, 0.15) is 0 Å². The van der Waals surface area contributed by atoms with Gasteiger partial charge in [0.05, 0.1) is 9.83 Å². The van der Waals surface area contributed by atoms with E-state index in [9.17, 15) is 0 Å². The molecule has 2 N–H and O–H groups in total. The molecule has 0 saturated carbocycles. The van der Waals surface area contributed by atoms with Gasteiger partial charge >= 0.3 is 0 Å². The van der Waals surface area contributed by atoms with E-state index in [2.05, 4.69) is 63.6 Å². The van der Waals surface area contributed by atoms with Gasteiger partial charge < -0.3 is 5.73 Å². The van der Waals surface area contributed by atoms with Crippen molar-refractivity contribution in [2.45, 2.75) is 39.3 Å². The van der Waals surface area contributed by atoms with Crippen LogP contribution in [0.2, 0.25) is 0 Å². The lowest BCUT2D eigenvalue weighted by atomic mass is 10.1. The average Bonchev–Trinajstić information content (AvgIpc) is 2.58. The third-order valence-corrected chi connectivity index (χ3v) is 6.12. The maximum absolute atomic E-state index is 5.97. The molecule has 0 fully saturated rings. The molecule has 0 aliphatic heterocycles. The molecule has 1 aromatic rings. The molecule has 1 heterocycles. The van der Waals surface area contributed by atoms with Gasteiger partial charge in [0.25, 0.3) is 0 Å². The van der Waals surface area contributed by atoms with Crippen LogP contribution >= 0.6 is 43.2 Å². The van der Waals surface area contributed by atoms with Crippen molar-refractivity contribution in [2.24, 2.45) is 5.73 Å². The van der Waals surface area contributed by atoms with Gasteiger partial charge in [-0.05, 0) is 64.7 Å². The van der Waals surface area contributed by atoms with Crippen LogP contribution in [0.3, 0.4) is 0 Å². The summed E-state index contributed by atoms with van der Waals surface area (Å²) < 4.78 is 2.27. The fraction of sp³-hybridized carbons (Fsp3) is 0.667. The fourth-order valence-electron chi connectivity index (χ4n) is 1.97. The lowest BCUT2D eigenvalue weighted by Gasteiger charge is -2.33. The molecule has 1 aromatic heterocycles. The number of halogens is 2. The van der Waals surface area contributed by atoms with Crippen LogP contribution in [-0.2, 0) is 0 Å². The minimum Gasteiger partial charge on any atom is -0.329 e. The normalized spacial score (nSPS) is 13.6. The first-order chi connectivity index (χ1) is 8.01. The van der Waals surface area contributed by atoms with Gasteiger partial charge in [-0.2, -0.15) is 0 Å². The van der Waals surface area contributed by atoms with Gasteiger partial charge in [0, 0.05) is 21.9 Å². The first kappa shape index (κ1) is 15.6. The molecule has 1 unspecified atom stereocenters. The van der Waals surface area contributed by atoms with Crippen molar-refractivity contribution in [3.63, 3.8) is 0 Å². The Morgan fingerprint density at radius 1 is 1.41 bits per heavy atom. The molecule has 2 nitrogen and oxygen atoms in total. The van der Waals surface area contributed by atoms with Gasteiger partial charge in [0.15, 0.2) is 0 Å². The zero-order valence-electron chi connectivity index (χ0n) is 10.5. The molecule has 0 amide bonds. The lowest BCUT2D eigenvalue weighted by molar-refractivity contribution is 0.159. The molecule has 17 heavy (non-hydrogen) atoms. The Morgan fingerprint density at radius 2 is 2.06 bits per heavy atom. The lowest BCUT2D eigenvalue weighted by Crippen LogP contribution is -2.38. The van der Waals surface area contributed by atoms with Crippen LogP contribution in [-0.4, -0.2) is 24.0 Å². The highest BCUT2D eigenvalue weighted by Gasteiger charge is 2.23. The zero-order valence-corrected chi connectivity index (χ0v) is 14.5.